The first-order valence-electron chi connectivity index (χ1n) is 8.08. The predicted octanol–water partition coefficient (Wildman–Crippen LogP) is 4.23. The molecule has 0 rings (SSSR count). The maximum Gasteiger partial charge on any atom is 0.324 e. The fourth-order valence-corrected chi connectivity index (χ4v) is 1.98. The van der Waals surface area contributed by atoms with Gasteiger partial charge in [-0.2, -0.15) is 0 Å². The van der Waals surface area contributed by atoms with Gasteiger partial charge in [-0.3, -0.25) is 9.59 Å². The lowest BCUT2D eigenvalue weighted by atomic mass is 10.2. The predicted molar refractivity (Wildman–Crippen MR) is 84.5 cm³/mol. The van der Waals surface area contributed by atoms with Crippen LogP contribution in [-0.2, 0) is 19.1 Å². The Hall–Kier alpha value is -0.770. The quantitative estimate of drug-likeness (QED) is 0.289. The number of hydrogen-bond donors (Lipinski definition) is 0. The third kappa shape index (κ3) is 12.7. The van der Waals surface area contributed by atoms with E-state index in [1.165, 1.54) is 0 Å². The molecule has 0 amide bonds. The average molecular weight is 321 g/mol. The Balaban J connectivity index is 3.62. The minimum absolute atomic E-state index is 0.122. The van der Waals surface area contributed by atoms with Gasteiger partial charge in [0.1, 0.15) is 5.38 Å². The molecule has 0 aromatic heterocycles. The molecule has 0 aliphatic carbocycles. The summed E-state index contributed by atoms with van der Waals surface area (Å²) in [5, 5.41) is -0.945. The van der Waals surface area contributed by atoms with Crippen molar-refractivity contribution in [3.63, 3.8) is 0 Å². The first-order valence-corrected chi connectivity index (χ1v) is 8.51. The zero-order valence-corrected chi connectivity index (χ0v) is 14.1. The molecule has 0 aromatic rings. The third-order valence-electron chi connectivity index (χ3n) is 3.10. The second-order valence-electron chi connectivity index (χ2n) is 5.18. The van der Waals surface area contributed by atoms with Gasteiger partial charge in [0.25, 0.3) is 0 Å². The zero-order valence-electron chi connectivity index (χ0n) is 13.4. The standard InChI is InChI=1S/C16H29ClO4/c1-3-5-7-9-11-20-15(18)13-14(17)16(19)21-12-10-8-6-4-2/h14H,3-13H2,1-2H3. The Kier molecular flexibility index (Phi) is 13.7. The lowest BCUT2D eigenvalue weighted by Gasteiger charge is -2.10. The maximum absolute atomic E-state index is 11.6. The van der Waals surface area contributed by atoms with Gasteiger partial charge in [0.2, 0.25) is 0 Å². The molecule has 0 bridgehead atoms. The number of halogens is 1. The smallest absolute Gasteiger partial charge is 0.324 e. The molecule has 1 atom stereocenters. The summed E-state index contributed by atoms with van der Waals surface area (Å²) in [6, 6.07) is 0. The molecule has 1 unspecified atom stereocenters. The van der Waals surface area contributed by atoms with E-state index >= 15 is 0 Å². The van der Waals surface area contributed by atoms with Gasteiger partial charge in [0, 0.05) is 0 Å². The number of hydrogen-bond acceptors (Lipinski definition) is 4. The van der Waals surface area contributed by atoms with Crippen LogP contribution in [0.4, 0.5) is 0 Å². The molecule has 0 saturated carbocycles. The van der Waals surface area contributed by atoms with Gasteiger partial charge in [-0.15, -0.1) is 11.6 Å². The first kappa shape index (κ1) is 20.2. The Morgan fingerprint density at radius 2 is 1.38 bits per heavy atom. The molecule has 0 aliphatic heterocycles. The molecule has 0 spiro atoms. The van der Waals surface area contributed by atoms with Crippen LogP contribution in [0.25, 0.3) is 0 Å². The van der Waals surface area contributed by atoms with Crippen molar-refractivity contribution >= 4 is 23.5 Å². The van der Waals surface area contributed by atoms with Gasteiger partial charge >= 0.3 is 11.9 Å². The molecule has 21 heavy (non-hydrogen) atoms. The second kappa shape index (κ2) is 14.2. The van der Waals surface area contributed by atoms with Crippen molar-refractivity contribution in [2.75, 3.05) is 13.2 Å². The average Bonchev–Trinajstić information content (AvgIpc) is 2.46. The fourth-order valence-electron chi connectivity index (χ4n) is 1.80. The van der Waals surface area contributed by atoms with Crippen LogP contribution < -0.4 is 0 Å². The molecule has 4 nitrogen and oxygen atoms in total. The zero-order chi connectivity index (χ0) is 15.9. The van der Waals surface area contributed by atoms with E-state index < -0.39 is 17.3 Å². The molecule has 0 radical (unpaired) electrons. The van der Waals surface area contributed by atoms with E-state index in [-0.39, 0.29) is 6.42 Å². The van der Waals surface area contributed by atoms with Gasteiger partial charge in [-0.05, 0) is 12.8 Å². The van der Waals surface area contributed by atoms with Gasteiger partial charge < -0.3 is 9.47 Å². The van der Waals surface area contributed by atoms with Gasteiger partial charge in [-0.25, -0.2) is 0 Å². The summed E-state index contributed by atoms with van der Waals surface area (Å²) in [5.41, 5.74) is 0. The highest BCUT2D eigenvalue weighted by atomic mass is 35.5. The van der Waals surface area contributed by atoms with Crippen molar-refractivity contribution in [3.05, 3.63) is 0 Å². The summed E-state index contributed by atoms with van der Waals surface area (Å²) < 4.78 is 10.1. The summed E-state index contributed by atoms with van der Waals surface area (Å²) in [4.78, 5) is 23.1. The summed E-state index contributed by atoms with van der Waals surface area (Å²) in [6.07, 6.45) is 8.21. The van der Waals surface area contributed by atoms with E-state index in [9.17, 15) is 9.59 Å². The number of alkyl halides is 1. The molecule has 0 N–H and O–H groups in total. The van der Waals surface area contributed by atoms with Crippen LogP contribution in [0.2, 0.25) is 0 Å². The minimum atomic E-state index is -0.945. The van der Waals surface area contributed by atoms with Crippen LogP contribution in [-0.4, -0.2) is 30.5 Å². The van der Waals surface area contributed by atoms with Gasteiger partial charge in [0.05, 0.1) is 19.6 Å². The number of esters is 2. The topological polar surface area (TPSA) is 52.6 Å². The van der Waals surface area contributed by atoms with Crippen LogP contribution >= 0.6 is 11.6 Å². The number of carbonyl (C=O) groups excluding carboxylic acids is 2. The van der Waals surface area contributed by atoms with E-state index in [1.54, 1.807) is 0 Å². The lowest BCUT2D eigenvalue weighted by Crippen LogP contribution is -2.23. The highest BCUT2D eigenvalue weighted by Gasteiger charge is 2.21. The van der Waals surface area contributed by atoms with Crippen LogP contribution in [0, 0.1) is 0 Å². The SMILES string of the molecule is CCCCCCOC(=O)CC(Cl)C(=O)OCCCCCC. The van der Waals surface area contributed by atoms with E-state index in [2.05, 4.69) is 13.8 Å². The molecule has 124 valence electrons. The number of carbonyl (C=O) groups is 2. The van der Waals surface area contributed by atoms with E-state index in [0.29, 0.717) is 13.2 Å². The van der Waals surface area contributed by atoms with Crippen LogP contribution in [0.1, 0.15) is 71.6 Å². The lowest BCUT2D eigenvalue weighted by molar-refractivity contribution is -0.150. The summed E-state index contributed by atoms with van der Waals surface area (Å²) >= 11 is 5.85. The van der Waals surface area contributed by atoms with Crippen molar-refractivity contribution in [1.29, 1.82) is 0 Å². The van der Waals surface area contributed by atoms with Crippen molar-refractivity contribution in [1.82, 2.24) is 0 Å². The molecular weight excluding hydrogens is 292 g/mol. The van der Waals surface area contributed by atoms with Crippen LogP contribution in [0.3, 0.4) is 0 Å². The van der Waals surface area contributed by atoms with E-state index in [0.717, 1.165) is 51.4 Å². The summed E-state index contributed by atoms with van der Waals surface area (Å²) in [5.74, 6) is -0.967. The minimum Gasteiger partial charge on any atom is -0.466 e. The van der Waals surface area contributed by atoms with Crippen molar-refractivity contribution in [2.45, 2.75) is 77.0 Å². The molecule has 0 fully saturated rings. The Morgan fingerprint density at radius 3 is 1.90 bits per heavy atom. The van der Waals surface area contributed by atoms with Gasteiger partial charge in [-0.1, -0.05) is 52.4 Å². The summed E-state index contributed by atoms with van der Waals surface area (Å²) in [6.45, 7) is 5.01. The highest BCUT2D eigenvalue weighted by Crippen LogP contribution is 2.08. The van der Waals surface area contributed by atoms with Crippen molar-refractivity contribution < 1.29 is 19.1 Å². The molecule has 5 heteroatoms. The Labute approximate surface area is 133 Å². The van der Waals surface area contributed by atoms with Crippen molar-refractivity contribution in [3.8, 4) is 0 Å². The monoisotopic (exact) mass is 320 g/mol. The maximum atomic E-state index is 11.6. The molecule has 0 saturated heterocycles. The fraction of sp³-hybridized carbons (Fsp3) is 0.875. The number of unbranched alkanes of at least 4 members (excludes halogenated alkanes) is 6. The second-order valence-corrected chi connectivity index (χ2v) is 5.71. The number of ether oxygens (including phenoxy) is 2. The van der Waals surface area contributed by atoms with E-state index in [1.807, 2.05) is 0 Å². The van der Waals surface area contributed by atoms with E-state index in [4.69, 9.17) is 21.1 Å². The van der Waals surface area contributed by atoms with Crippen LogP contribution in [0.5, 0.6) is 0 Å². The molecule has 0 heterocycles. The normalized spacial score (nSPS) is 12.0. The Morgan fingerprint density at radius 1 is 0.857 bits per heavy atom. The number of rotatable bonds is 13. The molecular formula is C16H29ClO4. The largest absolute Gasteiger partial charge is 0.466 e. The highest BCUT2D eigenvalue weighted by molar-refractivity contribution is 6.30. The van der Waals surface area contributed by atoms with Crippen molar-refractivity contribution in [2.24, 2.45) is 0 Å². The van der Waals surface area contributed by atoms with Gasteiger partial charge in [0.15, 0.2) is 0 Å². The Bertz CT molecular complexity index is 281. The first-order chi connectivity index (χ1) is 10.1. The van der Waals surface area contributed by atoms with Crippen LogP contribution in [0.15, 0.2) is 0 Å². The summed E-state index contributed by atoms with van der Waals surface area (Å²) in [7, 11) is 0. The molecule has 0 aliphatic rings. The third-order valence-corrected chi connectivity index (χ3v) is 3.44. The molecule has 0 aromatic carbocycles.